The number of anilines is 1. The molecular weight excluding hydrogens is 483 g/mol. The zero-order chi connectivity index (χ0) is 20.5. The first-order valence-electron chi connectivity index (χ1n) is 8.94. The highest BCUT2D eigenvalue weighted by Gasteiger charge is 2.21. The quantitative estimate of drug-likeness (QED) is 0.452. The van der Waals surface area contributed by atoms with Gasteiger partial charge in [-0.2, -0.15) is 0 Å². The van der Waals surface area contributed by atoms with Crippen molar-refractivity contribution in [2.75, 3.05) is 31.1 Å². The number of furan rings is 1. The molecule has 0 unspecified atom stereocenters. The smallest absolute Gasteiger partial charge is 0.449 e. The Bertz CT molecular complexity index is 1040. The molecule has 1 fully saturated rings. The number of benzene rings is 2. The fraction of sp³-hybridized carbons (Fsp3) is 0.250. The summed E-state index contributed by atoms with van der Waals surface area (Å²) in [4.78, 5) is 15.4. The van der Waals surface area contributed by atoms with Gasteiger partial charge in [-0.05, 0) is 51.8 Å². The van der Waals surface area contributed by atoms with Gasteiger partial charge in [0, 0.05) is 54.2 Å². The van der Waals surface area contributed by atoms with Crippen LogP contribution in [-0.4, -0.2) is 42.3 Å². The van der Waals surface area contributed by atoms with Gasteiger partial charge in [-0.1, -0.05) is 23.2 Å². The predicted molar refractivity (Wildman–Crippen MR) is 117 cm³/mol. The highest BCUT2D eigenvalue weighted by molar-refractivity contribution is 9.10. The van der Waals surface area contributed by atoms with Crippen molar-refractivity contribution >= 4 is 61.9 Å². The minimum Gasteiger partial charge on any atom is -0.449 e. The Hall–Kier alpha value is -1.93. The summed E-state index contributed by atoms with van der Waals surface area (Å²) in [6.07, 6.45) is -1.41. The van der Waals surface area contributed by atoms with Crippen LogP contribution < -0.4 is 9.64 Å². The largest absolute Gasteiger partial charge is 0.513 e. The van der Waals surface area contributed by atoms with E-state index in [0.29, 0.717) is 15.6 Å². The summed E-state index contributed by atoms with van der Waals surface area (Å²) < 4.78 is 10.9. The van der Waals surface area contributed by atoms with E-state index in [1.165, 1.54) is 0 Å². The van der Waals surface area contributed by atoms with Gasteiger partial charge in [-0.3, -0.25) is 4.90 Å². The number of ether oxygens (including phenoxy) is 1. The van der Waals surface area contributed by atoms with Gasteiger partial charge >= 0.3 is 6.16 Å². The number of piperazine rings is 1. The van der Waals surface area contributed by atoms with Crippen LogP contribution in [0.15, 0.2) is 45.3 Å². The van der Waals surface area contributed by atoms with Gasteiger partial charge in [0.05, 0.1) is 10.2 Å². The Kier molecular flexibility index (Phi) is 5.92. The number of hydrogen-bond acceptors (Lipinski definition) is 5. The minimum absolute atomic E-state index is 0.0460. The van der Waals surface area contributed by atoms with Crippen LogP contribution in [-0.2, 0) is 6.54 Å². The first-order valence-corrected chi connectivity index (χ1v) is 10.5. The van der Waals surface area contributed by atoms with Gasteiger partial charge in [0.1, 0.15) is 5.58 Å². The number of carboxylic acid groups (broad SMARTS) is 1. The molecule has 0 saturated carbocycles. The third-order valence-electron chi connectivity index (χ3n) is 4.82. The Labute approximate surface area is 185 Å². The van der Waals surface area contributed by atoms with Crippen molar-refractivity contribution in [1.82, 2.24) is 4.90 Å². The van der Waals surface area contributed by atoms with Gasteiger partial charge in [-0.25, -0.2) is 4.79 Å². The number of hydrogen-bond donors (Lipinski definition) is 1. The molecule has 6 nitrogen and oxygen atoms in total. The number of halogens is 3. The monoisotopic (exact) mass is 498 g/mol. The summed E-state index contributed by atoms with van der Waals surface area (Å²) in [7, 11) is 0. The Morgan fingerprint density at radius 2 is 1.79 bits per heavy atom. The summed E-state index contributed by atoms with van der Waals surface area (Å²) in [6.45, 7) is 4.30. The van der Waals surface area contributed by atoms with E-state index in [0.717, 1.165) is 53.8 Å². The van der Waals surface area contributed by atoms with Crippen LogP contribution in [0.1, 0.15) is 5.56 Å². The maximum atomic E-state index is 10.7. The molecule has 1 aliphatic rings. The van der Waals surface area contributed by atoms with Crippen molar-refractivity contribution in [3.8, 4) is 5.95 Å². The molecular formula is C20H17BrCl2N2O4. The molecule has 1 N–H and O–H groups in total. The van der Waals surface area contributed by atoms with Crippen LogP contribution in [0.25, 0.3) is 11.0 Å². The molecule has 0 amide bonds. The topological polar surface area (TPSA) is 66.2 Å². The average molecular weight is 500 g/mol. The summed E-state index contributed by atoms with van der Waals surface area (Å²) in [5.41, 5.74) is 2.70. The summed E-state index contributed by atoms with van der Waals surface area (Å²) in [6, 6.07) is 11.0. The molecule has 1 saturated heterocycles. The lowest BCUT2D eigenvalue weighted by atomic mass is 10.1. The van der Waals surface area contributed by atoms with E-state index in [1.54, 1.807) is 12.1 Å². The van der Waals surface area contributed by atoms with E-state index in [1.807, 2.05) is 24.3 Å². The molecule has 4 rings (SSSR count). The third-order valence-corrected chi connectivity index (χ3v) is 6.09. The molecule has 0 aliphatic carbocycles. The average Bonchev–Trinajstić information content (AvgIpc) is 3.05. The SMILES string of the molecule is O=C(O)Oc1cc2c(Br)c(N3CCN(Cc4cc(Cl)cc(Cl)c4)CC3)ccc2o1. The van der Waals surface area contributed by atoms with E-state index in [-0.39, 0.29) is 5.95 Å². The van der Waals surface area contributed by atoms with Gasteiger partial charge < -0.3 is 19.2 Å². The van der Waals surface area contributed by atoms with Crippen molar-refractivity contribution in [1.29, 1.82) is 0 Å². The van der Waals surface area contributed by atoms with E-state index >= 15 is 0 Å². The van der Waals surface area contributed by atoms with Gasteiger partial charge in [0.2, 0.25) is 0 Å². The molecule has 0 radical (unpaired) electrons. The van der Waals surface area contributed by atoms with E-state index in [4.69, 9.17) is 32.7 Å². The van der Waals surface area contributed by atoms with Crippen molar-refractivity contribution in [2.45, 2.75) is 6.54 Å². The van der Waals surface area contributed by atoms with Gasteiger partial charge in [0.15, 0.2) is 0 Å². The molecule has 2 aromatic carbocycles. The van der Waals surface area contributed by atoms with Crippen LogP contribution in [0, 0.1) is 0 Å². The van der Waals surface area contributed by atoms with Crippen molar-refractivity contribution in [3.05, 3.63) is 56.5 Å². The zero-order valence-electron chi connectivity index (χ0n) is 15.2. The van der Waals surface area contributed by atoms with Crippen molar-refractivity contribution in [3.63, 3.8) is 0 Å². The zero-order valence-corrected chi connectivity index (χ0v) is 18.3. The molecule has 2 heterocycles. The summed E-state index contributed by atoms with van der Waals surface area (Å²) in [5.74, 6) is -0.0460. The Morgan fingerprint density at radius 1 is 1.10 bits per heavy atom. The number of fused-ring (bicyclic) bond motifs is 1. The highest BCUT2D eigenvalue weighted by atomic mass is 79.9. The summed E-state index contributed by atoms with van der Waals surface area (Å²) in [5, 5.41) is 10.8. The lowest BCUT2D eigenvalue weighted by Gasteiger charge is -2.36. The van der Waals surface area contributed by atoms with Crippen LogP contribution in [0.3, 0.4) is 0 Å². The lowest BCUT2D eigenvalue weighted by molar-refractivity contribution is 0.134. The number of rotatable bonds is 4. The van der Waals surface area contributed by atoms with Crippen LogP contribution >= 0.6 is 39.1 Å². The molecule has 0 spiro atoms. The third kappa shape index (κ3) is 4.64. The first-order chi connectivity index (χ1) is 13.9. The second-order valence-electron chi connectivity index (χ2n) is 6.78. The second kappa shape index (κ2) is 8.44. The van der Waals surface area contributed by atoms with Gasteiger partial charge in [-0.15, -0.1) is 0 Å². The predicted octanol–water partition coefficient (Wildman–Crippen LogP) is 5.88. The minimum atomic E-state index is -1.41. The van der Waals surface area contributed by atoms with E-state index in [9.17, 15) is 4.79 Å². The highest BCUT2D eigenvalue weighted by Crippen LogP contribution is 2.38. The standard InChI is InChI=1S/C20H17BrCl2N2O4/c21-19-15-10-18(29-20(26)27)28-17(15)2-1-16(19)25-5-3-24(4-6-25)11-12-7-13(22)9-14(23)8-12/h1-2,7-10H,3-6,11H2,(H,26,27). The maximum absolute atomic E-state index is 10.7. The maximum Gasteiger partial charge on any atom is 0.513 e. The van der Waals surface area contributed by atoms with Crippen molar-refractivity contribution < 1.29 is 19.1 Å². The van der Waals surface area contributed by atoms with Crippen LogP contribution in [0.5, 0.6) is 5.95 Å². The normalized spacial score (nSPS) is 15.1. The molecule has 0 bridgehead atoms. The van der Waals surface area contributed by atoms with E-state index in [2.05, 4.69) is 30.5 Å². The molecule has 3 aromatic rings. The van der Waals surface area contributed by atoms with Crippen LogP contribution in [0.4, 0.5) is 10.5 Å². The molecule has 29 heavy (non-hydrogen) atoms. The van der Waals surface area contributed by atoms with Gasteiger partial charge in [0.25, 0.3) is 5.95 Å². The molecule has 152 valence electrons. The molecule has 9 heteroatoms. The summed E-state index contributed by atoms with van der Waals surface area (Å²) >= 11 is 15.8. The van der Waals surface area contributed by atoms with Crippen molar-refractivity contribution in [2.24, 2.45) is 0 Å². The Morgan fingerprint density at radius 3 is 2.45 bits per heavy atom. The first kappa shape index (κ1) is 20.3. The Balaban J connectivity index is 1.45. The fourth-order valence-corrected chi connectivity index (χ4v) is 4.79. The molecule has 0 atom stereocenters. The second-order valence-corrected chi connectivity index (χ2v) is 8.45. The molecule has 1 aliphatic heterocycles. The molecule has 1 aromatic heterocycles. The number of carbonyl (C=O) groups is 1. The van der Waals surface area contributed by atoms with Crippen LogP contribution in [0.2, 0.25) is 10.0 Å². The lowest BCUT2D eigenvalue weighted by Crippen LogP contribution is -2.46. The van der Waals surface area contributed by atoms with E-state index < -0.39 is 6.16 Å². The fourth-order valence-electron chi connectivity index (χ4n) is 3.53. The number of nitrogens with zero attached hydrogens (tertiary/aromatic N) is 2.